The van der Waals surface area contributed by atoms with E-state index in [1.54, 1.807) is 6.07 Å². The third kappa shape index (κ3) is 4.04. The van der Waals surface area contributed by atoms with Crippen LogP contribution in [0.4, 0.5) is 4.39 Å². The van der Waals surface area contributed by atoms with Crippen molar-refractivity contribution < 1.29 is 9.13 Å². The van der Waals surface area contributed by atoms with Gasteiger partial charge in [-0.05, 0) is 36.6 Å². The molecule has 21 heavy (non-hydrogen) atoms. The highest BCUT2D eigenvalue weighted by Gasteiger charge is 2.08. The molecule has 0 saturated carbocycles. The highest BCUT2D eigenvalue weighted by atomic mass is 19.1. The van der Waals surface area contributed by atoms with E-state index in [9.17, 15) is 4.39 Å². The van der Waals surface area contributed by atoms with Crippen LogP contribution >= 0.6 is 0 Å². The topological polar surface area (TPSA) is 53.1 Å². The van der Waals surface area contributed by atoms with Crippen molar-refractivity contribution in [3.63, 3.8) is 0 Å². The van der Waals surface area contributed by atoms with E-state index in [2.05, 4.69) is 18.9 Å². The number of hydrogen-bond acceptors (Lipinski definition) is 3. The summed E-state index contributed by atoms with van der Waals surface area (Å²) in [6, 6.07) is 6.87. The van der Waals surface area contributed by atoms with Crippen molar-refractivity contribution in [3.05, 3.63) is 47.5 Å². The fraction of sp³-hybridized carbons (Fsp3) is 0.438. The predicted molar refractivity (Wildman–Crippen MR) is 80.5 cm³/mol. The summed E-state index contributed by atoms with van der Waals surface area (Å²) in [6.07, 6.45) is 4.05. The maximum absolute atomic E-state index is 13.4. The van der Waals surface area contributed by atoms with Crippen LogP contribution < -0.4 is 10.5 Å². The van der Waals surface area contributed by atoms with Crippen molar-refractivity contribution in [2.45, 2.75) is 45.9 Å². The van der Waals surface area contributed by atoms with Crippen molar-refractivity contribution >= 4 is 0 Å². The smallest absolute Gasteiger partial charge is 0.132 e. The van der Waals surface area contributed by atoms with E-state index in [0.29, 0.717) is 24.0 Å². The van der Waals surface area contributed by atoms with Crippen molar-refractivity contribution in [2.24, 2.45) is 5.73 Å². The summed E-state index contributed by atoms with van der Waals surface area (Å²) >= 11 is 0. The first-order chi connectivity index (χ1) is 10.2. The number of nitrogens with two attached hydrogens (primary N) is 1. The molecule has 2 N–H and O–H groups in total. The van der Waals surface area contributed by atoms with Gasteiger partial charge in [0.15, 0.2) is 0 Å². The molecular weight excluding hydrogens is 269 g/mol. The summed E-state index contributed by atoms with van der Waals surface area (Å²) in [7, 11) is 0. The Hall–Kier alpha value is -1.88. The Morgan fingerprint density at radius 3 is 2.71 bits per heavy atom. The van der Waals surface area contributed by atoms with Crippen LogP contribution in [-0.2, 0) is 13.2 Å². The zero-order chi connectivity index (χ0) is 15.2. The number of halogens is 1. The van der Waals surface area contributed by atoms with Crippen LogP contribution in [0.15, 0.2) is 30.5 Å². The molecule has 4 nitrogen and oxygen atoms in total. The van der Waals surface area contributed by atoms with Crippen molar-refractivity contribution in [2.75, 3.05) is 0 Å². The molecule has 0 radical (unpaired) electrons. The molecule has 0 spiro atoms. The number of nitrogens with zero attached hydrogens (tertiary/aromatic N) is 2. The monoisotopic (exact) mass is 291 g/mol. The van der Waals surface area contributed by atoms with E-state index < -0.39 is 0 Å². The van der Waals surface area contributed by atoms with Crippen LogP contribution in [0.25, 0.3) is 0 Å². The summed E-state index contributed by atoms with van der Waals surface area (Å²) in [6.45, 7) is 4.90. The van der Waals surface area contributed by atoms with Gasteiger partial charge < -0.3 is 10.5 Å². The van der Waals surface area contributed by atoms with Crippen LogP contribution in [0.5, 0.6) is 5.75 Å². The van der Waals surface area contributed by atoms with Crippen molar-refractivity contribution in [3.8, 4) is 5.75 Å². The summed E-state index contributed by atoms with van der Waals surface area (Å²) in [5.41, 5.74) is 7.07. The highest BCUT2D eigenvalue weighted by Crippen LogP contribution is 2.18. The third-order valence-electron chi connectivity index (χ3n) is 3.53. The van der Waals surface area contributed by atoms with E-state index in [0.717, 1.165) is 18.5 Å². The minimum absolute atomic E-state index is 0.289. The van der Waals surface area contributed by atoms with Gasteiger partial charge in [0.25, 0.3) is 0 Å². The standard InChI is InChI=1S/C16H22FN3O/c1-3-15(4-2)20-6-5-14(19-20)11-21-16-8-12(10-18)7-13(17)9-16/h5-9,15H,3-4,10-11,18H2,1-2H3. The molecule has 0 aliphatic rings. The van der Waals surface area contributed by atoms with Gasteiger partial charge in [0.05, 0.1) is 11.7 Å². The SMILES string of the molecule is CCC(CC)n1ccc(COc2cc(F)cc(CN)c2)n1. The molecule has 5 heteroatoms. The fourth-order valence-electron chi connectivity index (χ4n) is 2.30. The lowest BCUT2D eigenvalue weighted by Gasteiger charge is -2.12. The molecule has 2 rings (SSSR count). The normalized spacial score (nSPS) is 11.1. The average molecular weight is 291 g/mol. The Balaban J connectivity index is 2.01. The van der Waals surface area contributed by atoms with Gasteiger partial charge in [-0.3, -0.25) is 4.68 Å². The summed E-state index contributed by atoms with van der Waals surface area (Å²) in [5, 5.41) is 4.51. The fourth-order valence-corrected chi connectivity index (χ4v) is 2.30. The van der Waals surface area contributed by atoms with Crippen LogP contribution in [0, 0.1) is 5.82 Å². The van der Waals surface area contributed by atoms with E-state index in [4.69, 9.17) is 10.5 Å². The molecular formula is C16H22FN3O. The molecule has 1 aromatic carbocycles. The molecule has 0 fully saturated rings. The van der Waals surface area contributed by atoms with Gasteiger partial charge in [-0.1, -0.05) is 13.8 Å². The van der Waals surface area contributed by atoms with Crippen molar-refractivity contribution in [1.82, 2.24) is 9.78 Å². The van der Waals surface area contributed by atoms with E-state index in [-0.39, 0.29) is 12.4 Å². The van der Waals surface area contributed by atoms with Gasteiger partial charge in [-0.25, -0.2) is 4.39 Å². The Morgan fingerprint density at radius 1 is 1.29 bits per heavy atom. The van der Waals surface area contributed by atoms with Crippen LogP contribution in [-0.4, -0.2) is 9.78 Å². The second kappa shape index (κ2) is 7.22. The van der Waals surface area contributed by atoms with Gasteiger partial charge in [0.2, 0.25) is 0 Å². The van der Waals surface area contributed by atoms with Crippen LogP contribution in [0.1, 0.15) is 44.0 Å². The number of ether oxygens (including phenoxy) is 1. The highest BCUT2D eigenvalue weighted by molar-refractivity contribution is 5.29. The van der Waals surface area contributed by atoms with Gasteiger partial charge >= 0.3 is 0 Å². The van der Waals surface area contributed by atoms with E-state index >= 15 is 0 Å². The maximum atomic E-state index is 13.4. The third-order valence-corrected chi connectivity index (χ3v) is 3.53. The van der Waals surface area contributed by atoms with E-state index in [1.165, 1.54) is 12.1 Å². The Labute approximate surface area is 124 Å². The quantitative estimate of drug-likeness (QED) is 0.850. The van der Waals surface area contributed by atoms with Gasteiger partial charge in [0, 0.05) is 18.8 Å². The van der Waals surface area contributed by atoms with Gasteiger partial charge in [-0.15, -0.1) is 0 Å². The molecule has 0 aliphatic heterocycles. The number of aromatic nitrogens is 2. The van der Waals surface area contributed by atoms with E-state index in [1.807, 2.05) is 16.9 Å². The molecule has 0 unspecified atom stereocenters. The molecule has 114 valence electrons. The Bertz CT molecular complexity index is 579. The molecule has 0 amide bonds. The predicted octanol–water partition coefficient (Wildman–Crippen LogP) is 3.42. The molecule has 1 aromatic heterocycles. The minimum atomic E-state index is -0.337. The van der Waals surface area contributed by atoms with Crippen LogP contribution in [0.2, 0.25) is 0 Å². The minimum Gasteiger partial charge on any atom is -0.487 e. The lowest BCUT2D eigenvalue weighted by Crippen LogP contribution is -2.08. The second-order valence-corrected chi connectivity index (χ2v) is 5.05. The number of hydrogen-bond donors (Lipinski definition) is 1. The molecule has 0 bridgehead atoms. The maximum Gasteiger partial charge on any atom is 0.132 e. The van der Waals surface area contributed by atoms with Gasteiger partial charge in [0.1, 0.15) is 18.2 Å². The molecule has 0 saturated heterocycles. The zero-order valence-electron chi connectivity index (χ0n) is 12.6. The largest absolute Gasteiger partial charge is 0.487 e. The first-order valence-corrected chi connectivity index (χ1v) is 7.32. The summed E-state index contributed by atoms with van der Waals surface area (Å²) in [4.78, 5) is 0. The molecule has 0 atom stereocenters. The Kier molecular flexibility index (Phi) is 5.33. The zero-order valence-corrected chi connectivity index (χ0v) is 12.6. The molecule has 0 aliphatic carbocycles. The first kappa shape index (κ1) is 15.5. The lowest BCUT2D eigenvalue weighted by molar-refractivity contribution is 0.295. The van der Waals surface area contributed by atoms with Crippen LogP contribution in [0.3, 0.4) is 0 Å². The van der Waals surface area contributed by atoms with Gasteiger partial charge in [-0.2, -0.15) is 5.10 Å². The second-order valence-electron chi connectivity index (χ2n) is 5.05. The molecule has 2 aromatic rings. The van der Waals surface area contributed by atoms with Crippen molar-refractivity contribution in [1.29, 1.82) is 0 Å². The Morgan fingerprint density at radius 2 is 2.05 bits per heavy atom. The number of rotatable bonds is 7. The summed E-state index contributed by atoms with van der Waals surface area (Å²) in [5.74, 6) is 0.142. The first-order valence-electron chi connectivity index (χ1n) is 7.32. The lowest BCUT2D eigenvalue weighted by atomic mass is 10.2. The summed E-state index contributed by atoms with van der Waals surface area (Å²) < 4.78 is 21.0. The number of benzene rings is 1. The molecule has 1 heterocycles. The average Bonchev–Trinajstić information content (AvgIpc) is 2.94.